The van der Waals surface area contributed by atoms with Crippen molar-refractivity contribution in [2.75, 3.05) is 32.8 Å². The number of aromatic nitrogens is 1. The van der Waals surface area contributed by atoms with Crippen molar-refractivity contribution in [3.63, 3.8) is 0 Å². The first-order chi connectivity index (χ1) is 14.5. The van der Waals surface area contributed by atoms with Crippen LogP contribution >= 0.6 is 35.3 Å². The second-order valence-corrected chi connectivity index (χ2v) is 8.15. The van der Waals surface area contributed by atoms with E-state index in [0.29, 0.717) is 37.1 Å². The molecule has 0 spiro atoms. The van der Waals surface area contributed by atoms with E-state index < -0.39 is 11.9 Å². The lowest BCUT2D eigenvalue weighted by Crippen LogP contribution is -2.40. The highest BCUT2D eigenvalue weighted by atomic mass is 127. The Morgan fingerprint density at radius 1 is 1.32 bits per heavy atom. The number of likely N-dealkylation sites (tertiary alicyclic amines) is 1. The molecule has 1 fully saturated rings. The molecule has 0 radical (unpaired) electrons. The zero-order valence-electron chi connectivity index (χ0n) is 17.4. The molecule has 0 saturated carbocycles. The van der Waals surface area contributed by atoms with Gasteiger partial charge in [0.15, 0.2) is 11.7 Å². The molecule has 1 aliphatic heterocycles. The van der Waals surface area contributed by atoms with Crippen molar-refractivity contribution < 1.29 is 17.9 Å². The summed E-state index contributed by atoms with van der Waals surface area (Å²) in [5.74, 6) is 1.24. The van der Waals surface area contributed by atoms with E-state index in [1.807, 2.05) is 25.1 Å². The molecule has 0 bridgehead atoms. The van der Waals surface area contributed by atoms with Crippen LogP contribution in [0.2, 0.25) is 0 Å². The van der Waals surface area contributed by atoms with Gasteiger partial charge in [-0.25, -0.2) is 4.98 Å². The lowest BCUT2D eigenvalue weighted by Gasteiger charge is -2.21. The second kappa shape index (κ2) is 12.6. The molecular formula is C21H28F3IN4OS. The molecule has 0 amide bonds. The molecule has 1 aliphatic rings. The fourth-order valence-electron chi connectivity index (χ4n) is 3.32. The number of ether oxygens (including phenoxy) is 1. The standard InChI is InChI=1S/C21H27F3N4OS.HI/c1-2-25-20(26-10-8-19-27-18(15-30-19)21(22,23)24)28-11-9-17(12-28)14-29-13-16-6-4-3-5-7-16;/h3-7,15,17H,2,8-14H2,1H3,(H,25,26);1H. The zero-order chi connectivity index (χ0) is 21.4. The van der Waals surface area contributed by atoms with Crippen molar-refractivity contribution >= 4 is 41.3 Å². The van der Waals surface area contributed by atoms with Gasteiger partial charge in [0.25, 0.3) is 0 Å². The van der Waals surface area contributed by atoms with E-state index in [1.54, 1.807) is 0 Å². The number of nitrogens with zero attached hydrogens (tertiary/aromatic N) is 3. The van der Waals surface area contributed by atoms with Gasteiger partial charge < -0.3 is 15.0 Å². The van der Waals surface area contributed by atoms with Crippen LogP contribution in [0.4, 0.5) is 13.2 Å². The van der Waals surface area contributed by atoms with E-state index in [-0.39, 0.29) is 24.0 Å². The summed E-state index contributed by atoms with van der Waals surface area (Å²) in [5.41, 5.74) is 0.342. The van der Waals surface area contributed by atoms with Gasteiger partial charge in [0, 0.05) is 43.9 Å². The molecule has 2 heterocycles. The number of rotatable bonds is 8. The monoisotopic (exact) mass is 568 g/mol. The molecule has 172 valence electrons. The van der Waals surface area contributed by atoms with Crippen LogP contribution < -0.4 is 5.32 Å². The molecule has 1 aromatic heterocycles. The SMILES string of the molecule is CCNC(=NCCc1nc(C(F)(F)F)cs1)N1CCC(COCc2ccccc2)C1.I. The largest absolute Gasteiger partial charge is 0.434 e. The fourth-order valence-corrected chi connectivity index (χ4v) is 4.11. The van der Waals surface area contributed by atoms with Crippen molar-refractivity contribution in [1.29, 1.82) is 0 Å². The summed E-state index contributed by atoms with van der Waals surface area (Å²) in [6, 6.07) is 10.1. The van der Waals surface area contributed by atoms with Crippen LogP contribution in [0, 0.1) is 5.92 Å². The summed E-state index contributed by atoms with van der Waals surface area (Å²) in [7, 11) is 0. The van der Waals surface area contributed by atoms with Gasteiger partial charge in [-0.3, -0.25) is 4.99 Å². The maximum absolute atomic E-state index is 12.7. The molecule has 1 unspecified atom stereocenters. The van der Waals surface area contributed by atoms with Gasteiger partial charge in [-0.2, -0.15) is 13.2 Å². The van der Waals surface area contributed by atoms with E-state index >= 15 is 0 Å². The number of alkyl halides is 3. The number of guanidine groups is 1. The van der Waals surface area contributed by atoms with Crippen LogP contribution in [0.3, 0.4) is 0 Å². The van der Waals surface area contributed by atoms with E-state index in [9.17, 15) is 13.2 Å². The summed E-state index contributed by atoms with van der Waals surface area (Å²) < 4.78 is 43.9. The Morgan fingerprint density at radius 3 is 2.77 bits per heavy atom. The molecule has 1 atom stereocenters. The Hall–Kier alpha value is -1.40. The number of hydrogen-bond acceptors (Lipinski definition) is 4. The molecular weight excluding hydrogens is 540 g/mol. The molecule has 2 aromatic rings. The summed E-state index contributed by atoms with van der Waals surface area (Å²) in [4.78, 5) is 10.5. The number of halogens is 4. The predicted octanol–water partition coefficient (Wildman–Crippen LogP) is 4.83. The van der Waals surface area contributed by atoms with Crippen molar-refractivity contribution in [1.82, 2.24) is 15.2 Å². The smallest absolute Gasteiger partial charge is 0.376 e. The maximum atomic E-state index is 12.7. The lowest BCUT2D eigenvalue weighted by molar-refractivity contribution is -0.140. The Kier molecular flexibility index (Phi) is 10.5. The Balaban J connectivity index is 0.00000341. The third-order valence-electron chi connectivity index (χ3n) is 4.81. The lowest BCUT2D eigenvalue weighted by atomic mass is 10.1. The highest BCUT2D eigenvalue weighted by molar-refractivity contribution is 14.0. The molecule has 31 heavy (non-hydrogen) atoms. The minimum atomic E-state index is -4.39. The summed E-state index contributed by atoms with van der Waals surface area (Å²) in [6.45, 7) is 6.20. The Morgan fingerprint density at radius 2 is 2.10 bits per heavy atom. The highest BCUT2D eigenvalue weighted by Gasteiger charge is 2.33. The topological polar surface area (TPSA) is 49.8 Å². The van der Waals surface area contributed by atoms with Crippen molar-refractivity contribution in [2.24, 2.45) is 10.9 Å². The fraction of sp³-hybridized carbons (Fsp3) is 0.524. The molecule has 1 aromatic carbocycles. The molecule has 10 heteroatoms. The van der Waals surface area contributed by atoms with Gasteiger partial charge in [-0.05, 0) is 18.9 Å². The third kappa shape index (κ3) is 8.23. The Bertz CT molecular complexity index is 816. The first kappa shape index (κ1) is 25.9. The van der Waals surface area contributed by atoms with Gasteiger partial charge in [-0.1, -0.05) is 30.3 Å². The number of hydrogen-bond donors (Lipinski definition) is 1. The van der Waals surface area contributed by atoms with Gasteiger partial charge in [0.1, 0.15) is 0 Å². The first-order valence-corrected chi connectivity index (χ1v) is 11.0. The van der Waals surface area contributed by atoms with Gasteiger partial charge in [0.05, 0.1) is 18.2 Å². The number of aliphatic imine (C=N–C) groups is 1. The average molecular weight is 568 g/mol. The minimum absolute atomic E-state index is 0. The van der Waals surface area contributed by atoms with Crippen LogP contribution in [0.5, 0.6) is 0 Å². The first-order valence-electron chi connectivity index (χ1n) is 10.1. The van der Waals surface area contributed by atoms with Crippen LogP contribution in [0.15, 0.2) is 40.7 Å². The average Bonchev–Trinajstić information content (AvgIpc) is 3.38. The van der Waals surface area contributed by atoms with Crippen LogP contribution in [-0.2, 0) is 23.9 Å². The third-order valence-corrected chi connectivity index (χ3v) is 5.72. The Labute approximate surface area is 202 Å². The van der Waals surface area contributed by atoms with E-state index in [2.05, 4.69) is 32.3 Å². The molecule has 0 aliphatic carbocycles. The van der Waals surface area contributed by atoms with E-state index in [1.165, 1.54) is 0 Å². The zero-order valence-corrected chi connectivity index (χ0v) is 20.5. The van der Waals surface area contributed by atoms with Crippen LogP contribution in [-0.4, -0.2) is 48.6 Å². The summed E-state index contributed by atoms with van der Waals surface area (Å²) in [5, 5.41) is 4.80. The normalized spacial score (nSPS) is 17.0. The highest BCUT2D eigenvalue weighted by Crippen LogP contribution is 2.30. The van der Waals surface area contributed by atoms with Crippen LogP contribution in [0.1, 0.15) is 29.6 Å². The van der Waals surface area contributed by atoms with E-state index in [0.717, 1.165) is 54.3 Å². The molecule has 1 saturated heterocycles. The number of benzene rings is 1. The van der Waals surface area contributed by atoms with Gasteiger partial charge in [0.2, 0.25) is 0 Å². The second-order valence-electron chi connectivity index (χ2n) is 7.21. The molecule has 5 nitrogen and oxygen atoms in total. The quantitative estimate of drug-likeness (QED) is 0.282. The predicted molar refractivity (Wildman–Crippen MR) is 128 cm³/mol. The molecule has 1 N–H and O–H groups in total. The van der Waals surface area contributed by atoms with Crippen molar-refractivity contribution in [3.8, 4) is 0 Å². The van der Waals surface area contributed by atoms with Crippen molar-refractivity contribution in [2.45, 2.75) is 32.5 Å². The van der Waals surface area contributed by atoms with Crippen LogP contribution in [0.25, 0.3) is 0 Å². The summed E-state index contributed by atoms with van der Waals surface area (Å²) in [6.07, 6.45) is -2.96. The minimum Gasteiger partial charge on any atom is -0.376 e. The van der Waals surface area contributed by atoms with Gasteiger partial charge >= 0.3 is 6.18 Å². The number of nitrogens with one attached hydrogen (secondary N) is 1. The van der Waals surface area contributed by atoms with Gasteiger partial charge in [-0.15, -0.1) is 35.3 Å². The van der Waals surface area contributed by atoms with Crippen molar-refractivity contribution in [3.05, 3.63) is 52.0 Å². The van der Waals surface area contributed by atoms with E-state index in [4.69, 9.17) is 4.74 Å². The maximum Gasteiger partial charge on any atom is 0.434 e. The summed E-state index contributed by atoms with van der Waals surface area (Å²) >= 11 is 1.03. The number of thiazole rings is 1. The molecule has 3 rings (SSSR count).